The van der Waals surface area contributed by atoms with E-state index in [2.05, 4.69) is 20.3 Å². The first-order chi connectivity index (χ1) is 8.72. The highest BCUT2D eigenvalue weighted by Gasteiger charge is 2.18. The smallest absolute Gasteiger partial charge is 0.358 e. The van der Waals surface area contributed by atoms with Gasteiger partial charge in [-0.05, 0) is 12.6 Å². The highest BCUT2D eigenvalue weighted by Crippen LogP contribution is 2.07. The highest BCUT2D eigenvalue weighted by molar-refractivity contribution is 5.86. The summed E-state index contributed by atoms with van der Waals surface area (Å²) in [5.41, 5.74) is 5.87. The second kappa shape index (κ2) is 5.32. The molecule has 94 valence electrons. The summed E-state index contributed by atoms with van der Waals surface area (Å²) in [4.78, 5) is 19.1. The number of aromatic nitrogens is 5. The first kappa shape index (κ1) is 12.1. The topological polar surface area (TPSA) is 120 Å². The average Bonchev–Trinajstić information content (AvgIpc) is 2.74. The van der Waals surface area contributed by atoms with Crippen LogP contribution in [0.4, 0.5) is 0 Å². The molecule has 0 bridgehead atoms. The predicted molar refractivity (Wildman–Crippen MR) is 60.9 cm³/mol. The Morgan fingerprint density at radius 3 is 2.72 bits per heavy atom. The van der Waals surface area contributed by atoms with Crippen molar-refractivity contribution < 1.29 is 9.90 Å². The Morgan fingerprint density at radius 2 is 2.11 bits per heavy atom. The van der Waals surface area contributed by atoms with E-state index in [0.717, 1.165) is 0 Å². The monoisotopic (exact) mass is 248 g/mol. The molecule has 0 saturated heterocycles. The van der Waals surface area contributed by atoms with Gasteiger partial charge < -0.3 is 10.8 Å². The van der Waals surface area contributed by atoms with E-state index in [1.54, 1.807) is 18.5 Å². The molecule has 0 unspecified atom stereocenters. The Kier molecular flexibility index (Phi) is 3.58. The van der Waals surface area contributed by atoms with Crippen molar-refractivity contribution in [2.45, 2.75) is 13.0 Å². The van der Waals surface area contributed by atoms with Gasteiger partial charge >= 0.3 is 5.97 Å². The number of nitrogens with two attached hydrogens (primary N) is 1. The molecule has 0 aliphatic rings. The molecule has 0 spiro atoms. The fraction of sp³-hybridized carbons (Fsp3) is 0.300. The van der Waals surface area contributed by atoms with E-state index in [9.17, 15) is 4.79 Å². The van der Waals surface area contributed by atoms with Crippen molar-refractivity contribution in [3.05, 3.63) is 35.7 Å². The molecule has 18 heavy (non-hydrogen) atoms. The van der Waals surface area contributed by atoms with Gasteiger partial charge in [0.25, 0.3) is 0 Å². The first-order valence-electron chi connectivity index (χ1n) is 5.34. The van der Waals surface area contributed by atoms with E-state index in [0.29, 0.717) is 24.5 Å². The summed E-state index contributed by atoms with van der Waals surface area (Å²) < 4.78 is 1.46. The molecule has 0 aromatic carbocycles. The van der Waals surface area contributed by atoms with Crippen molar-refractivity contribution in [1.29, 1.82) is 0 Å². The third kappa shape index (κ3) is 2.48. The largest absolute Gasteiger partial charge is 0.476 e. The van der Waals surface area contributed by atoms with Crippen LogP contribution in [0.3, 0.4) is 0 Å². The van der Waals surface area contributed by atoms with E-state index in [1.165, 1.54) is 4.68 Å². The summed E-state index contributed by atoms with van der Waals surface area (Å²) in [6.07, 6.45) is 3.61. The van der Waals surface area contributed by atoms with Gasteiger partial charge in [-0.3, -0.25) is 0 Å². The van der Waals surface area contributed by atoms with E-state index >= 15 is 0 Å². The zero-order chi connectivity index (χ0) is 13.0. The van der Waals surface area contributed by atoms with Crippen LogP contribution >= 0.6 is 0 Å². The van der Waals surface area contributed by atoms with E-state index in [1.807, 2.05) is 0 Å². The van der Waals surface area contributed by atoms with Crippen LogP contribution in [-0.4, -0.2) is 42.6 Å². The van der Waals surface area contributed by atoms with Crippen LogP contribution in [0.25, 0.3) is 0 Å². The Morgan fingerprint density at radius 1 is 1.39 bits per heavy atom. The summed E-state index contributed by atoms with van der Waals surface area (Å²) in [5.74, 6) is -0.573. The predicted octanol–water partition coefficient (Wildman–Crippen LogP) is -0.684. The summed E-state index contributed by atoms with van der Waals surface area (Å²) in [7, 11) is 0. The Hall–Kier alpha value is -2.35. The van der Waals surface area contributed by atoms with Gasteiger partial charge in [0.05, 0.1) is 5.69 Å². The van der Waals surface area contributed by atoms with Crippen molar-refractivity contribution in [3.8, 4) is 0 Å². The molecule has 0 aliphatic heterocycles. The van der Waals surface area contributed by atoms with Gasteiger partial charge in [-0.2, -0.15) is 0 Å². The zero-order valence-electron chi connectivity index (χ0n) is 9.52. The number of hydrogen-bond donors (Lipinski definition) is 2. The standard InChI is InChI=1S/C10H12N6O2/c11-3-2-7-9(10(17)18)14-15-16(7)6-8-12-4-1-5-13-8/h1,4-5H,2-3,6,11H2,(H,17,18). The maximum absolute atomic E-state index is 11.0. The number of hydrogen-bond acceptors (Lipinski definition) is 6. The van der Waals surface area contributed by atoms with Gasteiger partial charge in [-0.25, -0.2) is 19.4 Å². The van der Waals surface area contributed by atoms with Crippen LogP contribution in [0.15, 0.2) is 18.5 Å². The lowest BCUT2D eigenvalue weighted by atomic mass is 10.2. The van der Waals surface area contributed by atoms with Crippen molar-refractivity contribution >= 4 is 5.97 Å². The Bertz CT molecular complexity index is 539. The molecule has 0 fully saturated rings. The minimum Gasteiger partial charge on any atom is -0.476 e. The quantitative estimate of drug-likeness (QED) is 0.718. The van der Waals surface area contributed by atoms with Crippen molar-refractivity contribution in [2.75, 3.05) is 6.54 Å². The molecule has 2 heterocycles. The second-order valence-corrected chi connectivity index (χ2v) is 3.55. The first-order valence-corrected chi connectivity index (χ1v) is 5.34. The molecule has 3 N–H and O–H groups in total. The molecule has 0 radical (unpaired) electrons. The van der Waals surface area contributed by atoms with Crippen molar-refractivity contribution in [2.24, 2.45) is 5.73 Å². The van der Waals surface area contributed by atoms with Crippen LogP contribution in [0.2, 0.25) is 0 Å². The lowest BCUT2D eigenvalue weighted by Crippen LogP contribution is -2.15. The van der Waals surface area contributed by atoms with Gasteiger partial charge in [-0.15, -0.1) is 5.10 Å². The summed E-state index contributed by atoms with van der Waals surface area (Å²) in [6, 6.07) is 1.70. The van der Waals surface area contributed by atoms with Crippen LogP contribution < -0.4 is 5.73 Å². The van der Waals surface area contributed by atoms with E-state index in [4.69, 9.17) is 10.8 Å². The second-order valence-electron chi connectivity index (χ2n) is 3.55. The van der Waals surface area contributed by atoms with Crippen LogP contribution in [0.5, 0.6) is 0 Å². The number of nitrogens with zero attached hydrogens (tertiary/aromatic N) is 5. The van der Waals surface area contributed by atoms with Gasteiger partial charge in [0, 0.05) is 18.8 Å². The van der Waals surface area contributed by atoms with E-state index in [-0.39, 0.29) is 12.2 Å². The fourth-order valence-electron chi connectivity index (χ4n) is 1.56. The molecular weight excluding hydrogens is 236 g/mol. The SMILES string of the molecule is NCCc1c(C(=O)O)nnn1Cc1ncccn1. The minimum atomic E-state index is -1.11. The summed E-state index contributed by atoms with van der Waals surface area (Å²) in [6.45, 7) is 0.597. The summed E-state index contributed by atoms with van der Waals surface area (Å²) in [5, 5.41) is 16.4. The number of aromatic carboxylic acids is 1. The molecule has 2 aromatic rings. The van der Waals surface area contributed by atoms with Crippen LogP contribution in [0.1, 0.15) is 22.0 Å². The molecular formula is C10H12N6O2. The lowest BCUT2D eigenvalue weighted by Gasteiger charge is -2.04. The van der Waals surface area contributed by atoms with Gasteiger partial charge in [-0.1, -0.05) is 5.21 Å². The third-order valence-corrected chi connectivity index (χ3v) is 2.33. The zero-order valence-corrected chi connectivity index (χ0v) is 9.52. The highest BCUT2D eigenvalue weighted by atomic mass is 16.4. The maximum atomic E-state index is 11.0. The molecule has 8 nitrogen and oxygen atoms in total. The average molecular weight is 248 g/mol. The minimum absolute atomic E-state index is 0.0728. The van der Waals surface area contributed by atoms with Gasteiger partial charge in [0.1, 0.15) is 12.4 Å². The molecule has 0 aliphatic carbocycles. The normalized spacial score (nSPS) is 10.5. The number of rotatable bonds is 5. The molecule has 2 rings (SSSR count). The van der Waals surface area contributed by atoms with Crippen molar-refractivity contribution in [1.82, 2.24) is 25.0 Å². The maximum Gasteiger partial charge on any atom is 0.358 e. The molecule has 0 amide bonds. The van der Waals surface area contributed by atoms with Gasteiger partial charge in [0.2, 0.25) is 0 Å². The molecule has 0 atom stereocenters. The number of carboxylic acid groups (broad SMARTS) is 1. The summed E-state index contributed by atoms with van der Waals surface area (Å²) >= 11 is 0. The Labute approximate surface area is 102 Å². The van der Waals surface area contributed by atoms with Crippen LogP contribution in [0, 0.1) is 0 Å². The molecule has 8 heteroatoms. The third-order valence-electron chi connectivity index (χ3n) is 2.33. The van der Waals surface area contributed by atoms with Gasteiger partial charge in [0.15, 0.2) is 5.69 Å². The molecule has 0 saturated carbocycles. The number of carbonyl (C=O) groups is 1. The number of carboxylic acids is 1. The molecule has 2 aromatic heterocycles. The van der Waals surface area contributed by atoms with Crippen LogP contribution in [-0.2, 0) is 13.0 Å². The van der Waals surface area contributed by atoms with E-state index < -0.39 is 5.97 Å². The lowest BCUT2D eigenvalue weighted by molar-refractivity contribution is 0.0689. The fourth-order valence-corrected chi connectivity index (χ4v) is 1.56. The Balaban J connectivity index is 2.30. The van der Waals surface area contributed by atoms with Crippen molar-refractivity contribution in [3.63, 3.8) is 0 Å².